The van der Waals surface area contributed by atoms with Crippen molar-refractivity contribution in [1.29, 1.82) is 0 Å². The van der Waals surface area contributed by atoms with Gasteiger partial charge in [-0.1, -0.05) is 55.3 Å². The summed E-state index contributed by atoms with van der Waals surface area (Å²) in [6.45, 7) is 2.05. The first-order valence-corrected chi connectivity index (χ1v) is 9.62. The monoisotopic (exact) mass is 395 g/mol. The van der Waals surface area contributed by atoms with E-state index >= 15 is 0 Å². The van der Waals surface area contributed by atoms with Gasteiger partial charge in [-0.15, -0.1) is 0 Å². The SMILES string of the molecule is CCCCc1ccc(OCC(=O)NN=Cc2cc3ccccc3nc2Cl)cc1. The third-order valence-electron chi connectivity index (χ3n) is 4.21. The van der Waals surface area contributed by atoms with Gasteiger partial charge >= 0.3 is 0 Å². The highest BCUT2D eigenvalue weighted by Gasteiger charge is 2.04. The molecular weight excluding hydrogens is 374 g/mol. The summed E-state index contributed by atoms with van der Waals surface area (Å²) < 4.78 is 5.49. The number of aromatic nitrogens is 1. The second-order valence-electron chi connectivity index (χ2n) is 6.39. The average Bonchev–Trinajstić information content (AvgIpc) is 2.72. The van der Waals surface area contributed by atoms with Gasteiger partial charge in [0, 0.05) is 10.9 Å². The topological polar surface area (TPSA) is 63.6 Å². The molecule has 1 heterocycles. The van der Waals surface area contributed by atoms with Crippen LogP contribution < -0.4 is 10.2 Å². The molecule has 28 heavy (non-hydrogen) atoms. The first-order chi connectivity index (χ1) is 13.7. The molecule has 0 unspecified atom stereocenters. The van der Waals surface area contributed by atoms with Crippen LogP contribution in [-0.4, -0.2) is 23.7 Å². The molecule has 3 aromatic rings. The molecule has 1 aromatic heterocycles. The fourth-order valence-corrected chi connectivity index (χ4v) is 2.88. The lowest BCUT2D eigenvalue weighted by atomic mass is 10.1. The lowest BCUT2D eigenvalue weighted by molar-refractivity contribution is -0.123. The molecule has 0 saturated carbocycles. The Balaban J connectivity index is 1.51. The molecule has 1 amide bonds. The minimum absolute atomic E-state index is 0.116. The molecule has 0 fully saturated rings. The number of halogens is 1. The number of fused-ring (bicyclic) bond motifs is 1. The number of aryl methyl sites for hydroxylation is 1. The lowest BCUT2D eigenvalue weighted by Crippen LogP contribution is -2.24. The number of hydrogen-bond donors (Lipinski definition) is 1. The van der Waals surface area contributed by atoms with Gasteiger partial charge < -0.3 is 4.74 Å². The van der Waals surface area contributed by atoms with Crippen LogP contribution in [0.3, 0.4) is 0 Å². The molecule has 0 aliphatic rings. The van der Waals surface area contributed by atoms with Gasteiger partial charge in [0.2, 0.25) is 0 Å². The van der Waals surface area contributed by atoms with Gasteiger partial charge in [-0.3, -0.25) is 4.79 Å². The van der Waals surface area contributed by atoms with Crippen molar-refractivity contribution in [2.24, 2.45) is 5.10 Å². The fraction of sp³-hybridized carbons (Fsp3) is 0.227. The first kappa shape index (κ1) is 19.8. The number of hydrogen-bond acceptors (Lipinski definition) is 4. The Labute approximate surface area is 169 Å². The van der Waals surface area contributed by atoms with Crippen molar-refractivity contribution in [2.75, 3.05) is 6.61 Å². The van der Waals surface area contributed by atoms with Crippen molar-refractivity contribution in [2.45, 2.75) is 26.2 Å². The van der Waals surface area contributed by atoms with Crippen LogP contribution in [0.25, 0.3) is 10.9 Å². The van der Waals surface area contributed by atoms with Crippen LogP contribution in [-0.2, 0) is 11.2 Å². The molecule has 0 atom stereocenters. The molecule has 0 saturated heterocycles. The highest BCUT2D eigenvalue weighted by molar-refractivity contribution is 6.32. The Morgan fingerprint density at radius 1 is 1.21 bits per heavy atom. The minimum atomic E-state index is -0.351. The molecule has 0 radical (unpaired) electrons. The van der Waals surface area contributed by atoms with Crippen molar-refractivity contribution >= 4 is 34.6 Å². The van der Waals surface area contributed by atoms with Crippen molar-refractivity contribution in [1.82, 2.24) is 10.4 Å². The summed E-state index contributed by atoms with van der Waals surface area (Å²) in [6.07, 6.45) is 4.86. The van der Waals surface area contributed by atoms with Gasteiger partial charge in [0.25, 0.3) is 5.91 Å². The van der Waals surface area contributed by atoms with E-state index in [4.69, 9.17) is 16.3 Å². The second kappa shape index (κ2) is 9.85. The van der Waals surface area contributed by atoms with E-state index in [1.54, 1.807) is 0 Å². The fourth-order valence-electron chi connectivity index (χ4n) is 2.69. The summed E-state index contributed by atoms with van der Waals surface area (Å²) in [4.78, 5) is 16.2. The summed E-state index contributed by atoms with van der Waals surface area (Å²) in [5, 5.41) is 5.22. The van der Waals surface area contributed by atoms with Crippen LogP contribution in [0.1, 0.15) is 30.9 Å². The lowest BCUT2D eigenvalue weighted by Gasteiger charge is -2.06. The summed E-state index contributed by atoms with van der Waals surface area (Å²) in [7, 11) is 0. The third kappa shape index (κ3) is 5.54. The van der Waals surface area contributed by atoms with E-state index < -0.39 is 0 Å². The smallest absolute Gasteiger partial charge is 0.277 e. The van der Waals surface area contributed by atoms with Gasteiger partial charge in [0.05, 0.1) is 11.7 Å². The van der Waals surface area contributed by atoms with Gasteiger partial charge in [-0.25, -0.2) is 10.4 Å². The minimum Gasteiger partial charge on any atom is -0.484 e. The predicted molar refractivity (Wildman–Crippen MR) is 113 cm³/mol. The standard InChI is InChI=1S/C22H22ClN3O2/c1-2-3-6-16-9-11-19(12-10-16)28-15-21(27)26-24-14-18-13-17-7-4-5-8-20(17)25-22(18)23/h4-5,7-14H,2-3,6,15H2,1H3,(H,26,27). The van der Waals surface area contributed by atoms with E-state index in [1.807, 2.05) is 54.6 Å². The predicted octanol–water partition coefficient (Wildman–Crippen LogP) is 4.76. The molecule has 0 aliphatic carbocycles. The van der Waals surface area contributed by atoms with Gasteiger partial charge in [-0.05, 0) is 42.7 Å². The van der Waals surface area contributed by atoms with E-state index in [9.17, 15) is 4.79 Å². The Morgan fingerprint density at radius 2 is 2.00 bits per heavy atom. The molecule has 1 N–H and O–H groups in total. The van der Waals surface area contributed by atoms with Crippen LogP contribution in [0, 0.1) is 0 Å². The van der Waals surface area contributed by atoms with Crippen molar-refractivity contribution < 1.29 is 9.53 Å². The number of nitrogens with one attached hydrogen (secondary N) is 1. The number of ether oxygens (including phenoxy) is 1. The van der Waals surface area contributed by atoms with E-state index in [1.165, 1.54) is 18.2 Å². The molecule has 6 heteroatoms. The molecule has 5 nitrogen and oxygen atoms in total. The largest absolute Gasteiger partial charge is 0.484 e. The van der Waals surface area contributed by atoms with E-state index in [-0.39, 0.29) is 12.5 Å². The maximum absolute atomic E-state index is 11.9. The quantitative estimate of drug-likeness (QED) is 0.340. The van der Waals surface area contributed by atoms with Crippen molar-refractivity contribution in [3.63, 3.8) is 0 Å². The van der Waals surface area contributed by atoms with Crippen LogP contribution in [0.5, 0.6) is 5.75 Å². The number of para-hydroxylation sites is 1. The highest BCUT2D eigenvalue weighted by Crippen LogP contribution is 2.19. The molecule has 0 spiro atoms. The number of carbonyl (C=O) groups is 1. The van der Waals surface area contributed by atoms with Crippen LogP contribution in [0.15, 0.2) is 59.7 Å². The first-order valence-electron chi connectivity index (χ1n) is 9.24. The molecular formula is C22H22ClN3O2. The van der Waals surface area contributed by atoms with Crippen molar-refractivity contribution in [3.05, 3.63) is 70.9 Å². The maximum Gasteiger partial charge on any atom is 0.277 e. The van der Waals surface area contributed by atoms with E-state index in [2.05, 4.69) is 22.4 Å². The highest BCUT2D eigenvalue weighted by atomic mass is 35.5. The second-order valence-corrected chi connectivity index (χ2v) is 6.75. The van der Waals surface area contributed by atoms with E-state index in [0.717, 1.165) is 23.7 Å². The Bertz CT molecular complexity index is 971. The number of pyridine rings is 1. The van der Waals surface area contributed by atoms with E-state index in [0.29, 0.717) is 16.5 Å². The number of amides is 1. The van der Waals surface area contributed by atoms with Crippen molar-refractivity contribution in [3.8, 4) is 5.75 Å². The summed E-state index contributed by atoms with van der Waals surface area (Å²) in [5.74, 6) is 0.303. The molecule has 2 aromatic carbocycles. The average molecular weight is 396 g/mol. The molecule has 0 aliphatic heterocycles. The zero-order chi connectivity index (χ0) is 19.8. The molecule has 0 bridgehead atoms. The number of hydrazone groups is 1. The Morgan fingerprint density at radius 3 is 2.79 bits per heavy atom. The van der Waals surface area contributed by atoms with Crippen LogP contribution in [0.2, 0.25) is 5.15 Å². The number of rotatable bonds is 8. The number of nitrogens with zero attached hydrogens (tertiary/aromatic N) is 2. The summed E-state index contributed by atoms with van der Waals surface area (Å²) in [5.41, 5.74) is 5.14. The van der Waals surface area contributed by atoms with Gasteiger partial charge in [0.1, 0.15) is 10.9 Å². The normalized spacial score (nSPS) is 11.1. The van der Waals surface area contributed by atoms with Gasteiger partial charge in [-0.2, -0.15) is 5.10 Å². The number of carbonyl (C=O) groups excluding carboxylic acids is 1. The molecule has 144 valence electrons. The van der Waals surface area contributed by atoms with Crippen LogP contribution >= 0.6 is 11.6 Å². The third-order valence-corrected chi connectivity index (χ3v) is 4.51. The Hall–Kier alpha value is -2.92. The number of benzene rings is 2. The molecule has 3 rings (SSSR count). The van der Waals surface area contributed by atoms with Crippen LogP contribution in [0.4, 0.5) is 0 Å². The maximum atomic E-state index is 11.9. The summed E-state index contributed by atoms with van der Waals surface area (Å²) >= 11 is 6.16. The Kier molecular flexibility index (Phi) is 6.98. The zero-order valence-corrected chi connectivity index (χ0v) is 16.4. The van der Waals surface area contributed by atoms with Gasteiger partial charge in [0.15, 0.2) is 6.61 Å². The summed E-state index contributed by atoms with van der Waals surface area (Å²) in [6, 6.07) is 17.3. The zero-order valence-electron chi connectivity index (χ0n) is 15.7. The number of unbranched alkanes of at least 4 members (excludes halogenated alkanes) is 1.